The number of Topliss-reactive ketones (excluding diaryl/α,β-unsaturated/α-hetero) is 1. The molecular formula is C31H45NO6. The van der Waals surface area contributed by atoms with Gasteiger partial charge in [-0.25, -0.2) is 0 Å². The molecule has 1 saturated carbocycles. The first-order valence-electron chi connectivity index (χ1n) is 13.8. The molecule has 1 aromatic carbocycles. The van der Waals surface area contributed by atoms with E-state index in [0.29, 0.717) is 41.5 Å². The van der Waals surface area contributed by atoms with Gasteiger partial charge < -0.3 is 15.4 Å². The Kier molecular flexibility index (Phi) is 11.2. The molecule has 0 radical (unpaired) electrons. The van der Waals surface area contributed by atoms with Crippen molar-refractivity contribution in [1.29, 1.82) is 0 Å². The van der Waals surface area contributed by atoms with Crippen molar-refractivity contribution in [2.75, 3.05) is 0 Å². The van der Waals surface area contributed by atoms with Crippen molar-refractivity contribution in [2.24, 2.45) is 17.3 Å². The van der Waals surface area contributed by atoms with Crippen LogP contribution in [-0.4, -0.2) is 25.9 Å². The van der Waals surface area contributed by atoms with E-state index in [1.54, 1.807) is 0 Å². The summed E-state index contributed by atoms with van der Waals surface area (Å²) >= 11 is 0. The Labute approximate surface area is 226 Å². The molecule has 0 aliphatic heterocycles. The number of hydrogen-bond donors (Lipinski definition) is 3. The fourth-order valence-corrected chi connectivity index (χ4v) is 5.43. The van der Waals surface area contributed by atoms with Gasteiger partial charge in [-0.1, -0.05) is 66.7 Å². The van der Waals surface area contributed by atoms with Crippen LogP contribution in [0.15, 0.2) is 33.9 Å². The van der Waals surface area contributed by atoms with Crippen LogP contribution < -0.4 is 11.0 Å². The fraction of sp³-hybridized carbons (Fsp3) is 0.581. The number of aryl methyl sites for hydroxylation is 2. The summed E-state index contributed by atoms with van der Waals surface area (Å²) < 4.78 is 0.770. The number of aromatic nitrogens is 1. The molecule has 7 heteroatoms. The van der Waals surface area contributed by atoms with Crippen molar-refractivity contribution < 1.29 is 20.2 Å². The number of carbonyl (C=O) groups excluding carboxylic acids is 1. The number of pyridine rings is 1. The maximum atomic E-state index is 12.5. The number of carbonyl (C=O) groups is 1. The number of ketones is 1. The molecule has 0 saturated heterocycles. The molecule has 0 spiro atoms. The third kappa shape index (κ3) is 9.34. The molecule has 7 nitrogen and oxygen atoms in total. The van der Waals surface area contributed by atoms with Crippen molar-refractivity contribution in [3.05, 3.63) is 67.2 Å². The van der Waals surface area contributed by atoms with E-state index in [-0.39, 0.29) is 16.8 Å². The monoisotopic (exact) mass is 527 g/mol. The van der Waals surface area contributed by atoms with E-state index in [9.17, 15) is 29.8 Å². The highest BCUT2D eigenvalue weighted by molar-refractivity contribution is 5.98. The Morgan fingerprint density at radius 3 is 2.26 bits per heavy atom. The highest BCUT2D eigenvalue weighted by Crippen LogP contribution is 2.30. The van der Waals surface area contributed by atoms with Gasteiger partial charge in [0.1, 0.15) is 0 Å². The van der Waals surface area contributed by atoms with Gasteiger partial charge in [-0.05, 0) is 72.8 Å². The standard InChI is InChI=1S/C17H22O4.C14H23NO2/c1-2-12-9-15(19)17(21)16(20)10-13(12)14(18)8-11-6-4-3-5-7-11;1-10-6-12(15(17)13(16)8-10)7-11(2)9-14(3,4)5/h9-11H,2-8H2,1H3,(H2,19,20,21);6,8,11,17H,7,9H2,1-5H3. The Morgan fingerprint density at radius 2 is 1.68 bits per heavy atom. The van der Waals surface area contributed by atoms with E-state index in [0.717, 1.165) is 48.8 Å². The minimum Gasteiger partial charge on any atom is -0.504 e. The summed E-state index contributed by atoms with van der Waals surface area (Å²) in [7, 11) is 0. The predicted molar refractivity (Wildman–Crippen MR) is 151 cm³/mol. The number of rotatable bonds is 7. The van der Waals surface area contributed by atoms with Crippen LogP contribution in [0.1, 0.15) is 107 Å². The molecule has 0 bridgehead atoms. The van der Waals surface area contributed by atoms with Gasteiger partial charge in [-0.2, -0.15) is 4.73 Å². The van der Waals surface area contributed by atoms with Crippen LogP contribution in [-0.2, 0) is 12.8 Å². The van der Waals surface area contributed by atoms with E-state index in [4.69, 9.17) is 0 Å². The van der Waals surface area contributed by atoms with Gasteiger partial charge in [0.25, 0.3) is 5.56 Å². The molecule has 210 valence electrons. The quantitative estimate of drug-likeness (QED) is 0.292. The van der Waals surface area contributed by atoms with Crippen LogP contribution >= 0.6 is 0 Å². The van der Waals surface area contributed by atoms with Gasteiger partial charge >= 0.3 is 0 Å². The maximum Gasteiger partial charge on any atom is 0.283 e. The lowest BCUT2D eigenvalue weighted by Gasteiger charge is -2.23. The topological polar surface area (TPSA) is 117 Å². The molecule has 1 fully saturated rings. The average Bonchev–Trinajstić information content (AvgIpc) is 2.93. The number of nitrogens with zero attached hydrogens (tertiary/aromatic N) is 1. The third-order valence-corrected chi connectivity index (χ3v) is 7.03. The summed E-state index contributed by atoms with van der Waals surface area (Å²) in [6, 6.07) is 5.81. The zero-order chi connectivity index (χ0) is 28.6. The second-order valence-electron chi connectivity index (χ2n) is 12.1. The van der Waals surface area contributed by atoms with E-state index >= 15 is 0 Å². The lowest BCUT2D eigenvalue weighted by molar-refractivity contribution is 0.0949. The first-order chi connectivity index (χ1) is 17.7. The smallest absolute Gasteiger partial charge is 0.283 e. The zero-order valence-corrected chi connectivity index (χ0v) is 23.8. The van der Waals surface area contributed by atoms with Crippen molar-refractivity contribution in [3.63, 3.8) is 0 Å². The second-order valence-corrected chi connectivity index (χ2v) is 12.1. The summed E-state index contributed by atoms with van der Waals surface area (Å²) in [5, 5.41) is 28.9. The van der Waals surface area contributed by atoms with Crippen molar-refractivity contribution >= 4 is 5.78 Å². The summed E-state index contributed by atoms with van der Waals surface area (Å²) in [4.78, 5) is 35.6. The van der Waals surface area contributed by atoms with Gasteiger partial charge in [0.2, 0.25) is 11.2 Å². The minimum absolute atomic E-state index is 0.0518. The molecule has 1 aromatic heterocycles. The normalized spacial score (nSPS) is 14.9. The molecule has 1 atom stereocenters. The number of aromatic hydroxyl groups is 2. The molecular weight excluding hydrogens is 482 g/mol. The van der Waals surface area contributed by atoms with Crippen LogP contribution in [0.2, 0.25) is 0 Å². The average molecular weight is 528 g/mol. The van der Waals surface area contributed by atoms with E-state index in [2.05, 4.69) is 27.7 Å². The largest absolute Gasteiger partial charge is 0.504 e. The maximum absolute atomic E-state index is 12.5. The molecule has 1 heterocycles. The summed E-state index contributed by atoms with van der Waals surface area (Å²) in [6.45, 7) is 12.5. The van der Waals surface area contributed by atoms with E-state index in [1.165, 1.54) is 24.6 Å². The van der Waals surface area contributed by atoms with Gasteiger partial charge in [0.15, 0.2) is 11.5 Å². The van der Waals surface area contributed by atoms with Crippen LogP contribution in [0.25, 0.3) is 0 Å². The molecule has 1 aliphatic carbocycles. The van der Waals surface area contributed by atoms with Gasteiger partial charge in [-0.3, -0.25) is 14.4 Å². The fourth-order valence-electron chi connectivity index (χ4n) is 5.43. The Bertz CT molecular complexity index is 1220. The molecule has 3 rings (SSSR count). The summed E-state index contributed by atoms with van der Waals surface area (Å²) in [5.74, 6) is -0.435. The Morgan fingerprint density at radius 1 is 1.05 bits per heavy atom. The molecule has 2 aromatic rings. The van der Waals surface area contributed by atoms with Gasteiger partial charge in [-0.15, -0.1) is 0 Å². The highest BCUT2D eigenvalue weighted by Gasteiger charge is 2.21. The van der Waals surface area contributed by atoms with Crippen LogP contribution in [0.3, 0.4) is 0 Å². The van der Waals surface area contributed by atoms with Crippen LogP contribution in [0, 0.1) is 24.2 Å². The number of hydrogen-bond acceptors (Lipinski definition) is 6. The van der Waals surface area contributed by atoms with Crippen LogP contribution in [0.4, 0.5) is 0 Å². The highest BCUT2D eigenvalue weighted by atomic mass is 16.5. The molecule has 1 unspecified atom stereocenters. The third-order valence-electron chi connectivity index (χ3n) is 7.03. The second kappa shape index (κ2) is 13.6. The molecule has 3 N–H and O–H groups in total. The van der Waals surface area contributed by atoms with Crippen LogP contribution in [0.5, 0.6) is 11.5 Å². The molecule has 38 heavy (non-hydrogen) atoms. The lowest BCUT2D eigenvalue weighted by atomic mass is 9.83. The Hall–Kier alpha value is -3.09. The first-order valence-corrected chi connectivity index (χ1v) is 13.8. The predicted octanol–water partition coefficient (Wildman–Crippen LogP) is 6.18. The molecule has 0 amide bonds. The zero-order valence-electron chi connectivity index (χ0n) is 23.8. The van der Waals surface area contributed by atoms with E-state index < -0.39 is 16.9 Å². The lowest BCUT2D eigenvalue weighted by Crippen LogP contribution is -2.23. The van der Waals surface area contributed by atoms with Gasteiger partial charge in [0.05, 0.1) is 5.69 Å². The van der Waals surface area contributed by atoms with Crippen molar-refractivity contribution in [3.8, 4) is 11.5 Å². The summed E-state index contributed by atoms with van der Waals surface area (Å²) in [6.07, 6.45) is 8.45. The Balaban J connectivity index is 0.000000273. The first kappa shape index (κ1) is 31.1. The summed E-state index contributed by atoms with van der Waals surface area (Å²) in [5.41, 5.74) is 1.81. The molecule has 1 aliphatic rings. The SMILES string of the molecule is CCc1cc(=O)c(O)c(O)cc1C(=O)CC1CCCCC1.Cc1cc(CC(C)CC(C)(C)C)n(O)c(=O)c1. The van der Waals surface area contributed by atoms with Gasteiger partial charge in [0, 0.05) is 18.1 Å². The van der Waals surface area contributed by atoms with Crippen molar-refractivity contribution in [2.45, 2.75) is 99.3 Å². The van der Waals surface area contributed by atoms with Crippen molar-refractivity contribution in [1.82, 2.24) is 4.73 Å². The van der Waals surface area contributed by atoms with E-state index in [1.807, 2.05) is 19.9 Å². The minimum atomic E-state index is -0.693.